The molecule has 2 atom stereocenters. The number of ether oxygens (including phenoxy) is 3. The molecule has 3 aromatic carbocycles. The zero-order chi connectivity index (χ0) is 19.8. The fraction of sp³-hybridized carbons (Fsp3) is 0.167. The molecule has 3 aromatic rings. The average Bonchev–Trinajstić information content (AvgIpc) is 3.24. The molecule has 0 unspecified atom stereocenters. The van der Waals surface area contributed by atoms with Gasteiger partial charge in [0.15, 0.2) is 17.7 Å². The first-order valence-corrected chi connectivity index (χ1v) is 9.58. The summed E-state index contributed by atoms with van der Waals surface area (Å²) in [4.78, 5) is 0. The van der Waals surface area contributed by atoms with Crippen LogP contribution in [0.2, 0.25) is 0 Å². The molecule has 1 N–H and O–H groups in total. The number of hydrogen-bond acceptors (Lipinski definition) is 5. The number of rotatable bonds is 4. The van der Waals surface area contributed by atoms with Crippen molar-refractivity contribution in [1.82, 2.24) is 10.4 Å². The number of methoxy groups -OCH3 is 2. The van der Waals surface area contributed by atoms with E-state index in [1.165, 1.54) is 0 Å². The van der Waals surface area contributed by atoms with Gasteiger partial charge in [-0.05, 0) is 29.8 Å². The largest absolute Gasteiger partial charge is 0.497 e. The van der Waals surface area contributed by atoms with Crippen LogP contribution in [-0.2, 0) is 0 Å². The van der Waals surface area contributed by atoms with Crippen LogP contribution in [0, 0.1) is 0 Å². The van der Waals surface area contributed by atoms with Crippen LogP contribution in [0.15, 0.2) is 78.9 Å². The first kappa shape index (κ1) is 17.6. The van der Waals surface area contributed by atoms with Gasteiger partial charge in [0.1, 0.15) is 5.75 Å². The van der Waals surface area contributed by atoms with Crippen LogP contribution in [0.25, 0.3) is 5.70 Å². The van der Waals surface area contributed by atoms with Crippen LogP contribution >= 0.6 is 0 Å². The van der Waals surface area contributed by atoms with Crippen LogP contribution in [0.4, 0.5) is 0 Å². The lowest BCUT2D eigenvalue weighted by Gasteiger charge is -2.39. The van der Waals surface area contributed by atoms with Crippen molar-refractivity contribution in [2.24, 2.45) is 0 Å². The van der Waals surface area contributed by atoms with Crippen molar-refractivity contribution in [3.8, 4) is 17.2 Å². The highest BCUT2D eigenvalue weighted by Gasteiger charge is 2.41. The molecule has 2 aliphatic rings. The van der Waals surface area contributed by atoms with E-state index in [4.69, 9.17) is 14.2 Å². The Labute approximate surface area is 170 Å². The maximum atomic E-state index is 6.48. The summed E-state index contributed by atoms with van der Waals surface area (Å²) in [6.45, 7) is 0. The molecule has 5 heteroatoms. The summed E-state index contributed by atoms with van der Waals surface area (Å²) in [6.07, 6.45) is 1.93. The molecule has 0 radical (unpaired) electrons. The normalized spacial score (nSPS) is 20.0. The molecule has 29 heavy (non-hydrogen) atoms. The van der Waals surface area contributed by atoms with Crippen molar-refractivity contribution in [3.05, 3.63) is 95.6 Å². The van der Waals surface area contributed by atoms with Gasteiger partial charge in [0.05, 0.1) is 26.0 Å². The quantitative estimate of drug-likeness (QED) is 0.704. The molecule has 0 aromatic heterocycles. The summed E-state index contributed by atoms with van der Waals surface area (Å²) in [7, 11) is 3.34. The van der Waals surface area contributed by atoms with E-state index >= 15 is 0 Å². The first-order chi connectivity index (χ1) is 14.3. The second kappa shape index (κ2) is 7.18. The predicted molar refractivity (Wildman–Crippen MR) is 111 cm³/mol. The van der Waals surface area contributed by atoms with E-state index in [-0.39, 0.29) is 12.3 Å². The van der Waals surface area contributed by atoms with Gasteiger partial charge in [-0.25, -0.2) is 0 Å². The van der Waals surface area contributed by atoms with Gasteiger partial charge in [0, 0.05) is 11.1 Å². The molecule has 0 fully saturated rings. The van der Waals surface area contributed by atoms with Gasteiger partial charge in [0.25, 0.3) is 0 Å². The number of nitrogens with zero attached hydrogens (tertiary/aromatic N) is 1. The summed E-state index contributed by atoms with van der Waals surface area (Å²) in [6, 6.07) is 24.3. The minimum absolute atomic E-state index is 0.0242. The number of hydrazine groups is 1. The third-order valence-electron chi connectivity index (χ3n) is 5.39. The predicted octanol–water partition coefficient (Wildman–Crippen LogP) is 4.70. The lowest BCUT2D eigenvalue weighted by molar-refractivity contribution is -0.0343. The van der Waals surface area contributed by atoms with E-state index in [0.717, 1.165) is 39.6 Å². The minimum atomic E-state index is -0.313. The standard InChI is InChI=1S/C24H22N2O3/c1-27-18-13-11-17(12-14-18)24-26-21(15-20(25-26)16-7-4-3-5-8-16)19-9-6-10-22(28-2)23(19)29-24/h3-15,21,24-25H,1-2H3/t21-,24+/m1/s1. The number of benzene rings is 3. The van der Waals surface area contributed by atoms with Crippen molar-refractivity contribution < 1.29 is 14.2 Å². The molecule has 146 valence electrons. The minimum Gasteiger partial charge on any atom is -0.497 e. The van der Waals surface area contributed by atoms with Crippen molar-refractivity contribution >= 4 is 5.70 Å². The SMILES string of the molecule is COc1ccc([C@@H]2Oc3c(OC)cccc3[C@H]3C=C(c4ccccc4)NN32)cc1. The van der Waals surface area contributed by atoms with Crippen molar-refractivity contribution in [1.29, 1.82) is 0 Å². The zero-order valence-corrected chi connectivity index (χ0v) is 16.3. The lowest BCUT2D eigenvalue weighted by Crippen LogP contribution is -2.43. The molecule has 5 rings (SSSR count). The Bertz CT molecular complexity index is 1050. The van der Waals surface area contributed by atoms with Crippen LogP contribution in [-0.4, -0.2) is 19.2 Å². The molecule has 0 saturated heterocycles. The smallest absolute Gasteiger partial charge is 0.196 e. The Hall–Kier alpha value is -3.44. The van der Waals surface area contributed by atoms with Crippen molar-refractivity contribution in [2.45, 2.75) is 12.3 Å². The third kappa shape index (κ3) is 3.00. The Morgan fingerprint density at radius 3 is 2.38 bits per heavy atom. The topological polar surface area (TPSA) is 43.0 Å². The van der Waals surface area contributed by atoms with Gasteiger partial charge < -0.3 is 19.6 Å². The fourth-order valence-corrected chi connectivity index (χ4v) is 3.92. The molecule has 5 nitrogen and oxygen atoms in total. The van der Waals surface area contributed by atoms with Crippen molar-refractivity contribution in [2.75, 3.05) is 14.2 Å². The number of fused-ring (bicyclic) bond motifs is 3. The molecular weight excluding hydrogens is 364 g/mol. The van der Waals surface area contributed by atoms with Crippen LogP contribution in [0.1, 0.15) is 29.0 Å². The highest BCUT2D eigenvalue weighted by atomic mass is 16.5. The van der Waals surface area contributed by atoms with Gasteiger partial charge in [-0.15, -0.1) is 0 Å². The van der Waals surface area contributed by atoms with Gasteiger partial charge >= 0.3 is 0 Å². The van der Waals surface area contributed by atoms with Crippen LogP contribution in [0.5, 0.6) is 17.2 Å². The Morgan fingerprint density at radius 2 is 1.66 bits per heavy atom. The summed E-state index contributed by atoms with van der Waals surface area (Å²) in [5.74, 6) is 2.34. The summed E-state index contributed by atoms with van der Waals surface area (Å²) in [5.41, 5.74) is 7.87. The second-order valence-electron chi connectivity index (χ2n) is 7.03. The zero-order valence-electron chi connectivity index (χ0n) is 16.3. The van der Waals surface area contributed by atoms with E-state index in [0.29, 0.717) is 0 Å². The van der Waals surface area contributed by atoms with E-state index < -0.39 is 0 Å². The highest BCUT2D eigenvalue weighted by molar-refractivity contribution is 5.68. The van der Waals surface area contributed by atoms with Gasteiger partial charge in [0.2, 0.25) is 0 Å². The van der Waals surface area contributed by atoms with E-state index in [1.807, 2.05) is 54.6 Å². The average molecular weight is 386 g/mol. The number of nitrogens with one attached hydrogen (secondary N) is 1. The second-order valence-corrected chi connectivity index (χ2v) is 7.03. The highest BCUT2D eigenvalue weighted by Crippen LogP contribution is 2.49. The first-order valence-electron chi connectivity index (χ1n) is 9.58. The maximum absolute atomic E-state index is 6.48. The lowest BCUT2D eigenvalue weighted by atomic mass is 10.00. The molecule has 0 saturated carbocycles. The van der Waals surface area contributed by atoms with E-state index in [9.17, 15) is 0 Å². The van der Waals surface area contributed by atoms with E-state index in [1.54, 1.807) is 14.2 Å². The molecule has 0 bridgehead atoms. The van der Waals surface area contributed by atoms with E-state index in [2.05, 4.69) is 34.7 Å². The van der Waals surface area contributed by atoms with Gasteiger partial charge in [-0.3, -0.25) is 0 Å². The van der Waals surface area contributed by atoms with Gasteiger partial charge in [-0.1, -0.05) is 54.6 Å². The molecule has 0 amide bonds. The molecular formula is C24H22N2O3. The molecule has 0 spiro atoms. The summed E-state index contributed by atoms with van der Waals surface area (Å²) in [5, 5.41) is 2.14. The Morgan fingerprint density at radius 1 is 0.862 bits per heavy atom. The maximum Gasteiger partial charge on any atom is 0.196 e. The monoisotopic (exact) mass is 386 g/mol. The van der Waals surface area contributed by atoms with Crippen LogP contribution in [0.3, 0.4) is 0 Å². The third-order valence-corrected chi connectivity index (χ3v) is 5.39. The van der Waals surface area contributed by atoms with Crippen molar-refractivity contribution in [3.63, 3.8) is 0 Å². The number of para-hydroxylation sites is 1. The van der Waals surface area contributed by atoms with Crippen LogP contribution < -0.4 is 19.6 Å². The molecule has 0 aliphatic carbocycles. The Kier molecular flexibility index (Phi) is 4.37. The summed E-state index contributed by atoms with van der Waals surface area (Å²) >= 11 is 0. The molecule has 2 heterocycles. The molecule has 2 aliphatic heterocycles. The fourth-order valence-electron chi connectivity index (χ4n) is 3.92. The Balaban J connectivity index is 1.60. The summed E-state index contributed by atoms with van der Waals surface area (Å²) < 4.78 is 17.4. The van der Waals surface area contributed by atoms with Gasteiger partial charge in [-0.2, -0.15) is 5.01 Å². The number of hydrogen-bond donors (Lipinski definition) is 1.